The number of nitrogens with zero attached hydrogens (tertiary/aromatic N) is 2. The van der Waals surface area contributed by atoms with Crippen molar-refractivity contribution < 1.29 is 18.0 Å². The smallest absolute Gasteiger partial charge is 0.346 e. The van der Waals surface area contributed by atoms with Crippen LogP contribution in [-0.2, 0) is 19.3 Å². The third-order valence-corrected chi connectivity index (χ3v) is 3.30. The normalized spacial score (nSPS) is 11.5. The molecule has 0 saturated heterocycles. The molecule has 22 heavy (non-hydrogen) atoms. The zero-order valence-electron chi connectivity index (χ0n) is 11.6. The lowest BCUT2D eigenvalue weighted by molar-refractivity contribution is -0.137. The van der Waals surface area contributed by atoms with Crippen molar-refractivity contribution >= 4 is 17.5 Å². The number of benzene rings is 1. The molecule has 1 heterocycles. The number of rotatable bonds is 4. The fraction of sp³-hybridized carbons (Fsp3) is 0.286. The van der Waals surface area contributed by atoms with Crippen LogP contribution in [0, 0.1) is 0 Å². The van der Waals surface area contributed by atoms with E-state index in [2.05, 4.69) is 10.4 Å². The molecule has 0 aliphatic rings. The molecule has 118 valence electrons. The number of nitrogens with one attached hydrogen (secondary N) is 1. The predicted octanol–water partition coefficient (Wildman–Crippen LogP) is 3.51. The van der Waals surface area contributed by atoms with Gasteiger partial charge in [0.2, 0.25) is 0 Å². The average Bonchev–Trinajstić information content (AvgIpc) is 2.84. The van der Waals surface area contributed by atoms with Crippen molar-refractivity contribution in [1.29, 1.82) is 0 Å². The molecule has 0 unspecified atom stereocenters. The van der Waals surface area contributed by atoms with Crippen molar-refractivity contribution in [3.8, 4) is 0 Å². The predicted molar refractivity (Wildman–Crippen MR) is 75.5 cm³/mol. The first-order valence-electron chi connectivity index (χ1n) is 6.48. The highest BCUT2D eigenvalue weighted by atomic mass is 35.5. The Morgan fingerprint density at radius 1 is 1.41 bits per heavy atom. The van der Waals surface area contributed by atoms with Crippen LogP contribution in [-0.4, -0.2) is 15.7 Å². The van der Waals surface area contributed by atoms with E-state index in [-0.39, 0.29) is 12.1 Å². The van der Waals surface area contributed by atoms with Gasteiger partial charge in [0.1, 0.15) is 5.69 Å². The van der Waals surface area contributed by atoms with Gasteiger partial charge in [-0.25, -0.2) is 0 Å². The molecule has 0 spiro atoms. The molecule has 1 aromatic heterocycles. The van der Waals surface area contributed by atoms with Crippen LogP contribution in [0.5, 0.6) is 0 Å². The summed E-state index contributed by atoms with van der Waals surface area (Å²) in [7, 11) is 0. The van der Waals surface area contributed by atoms with E-state index in [9.17, 15) is 18.0 Å². The number of hydrogen-bond acceptors (Lipinski definition) is 2. The number of amides is 1. The summed E-state index contributed by atoms with van der Waals surface area (Å²) < 4.78 is 39.4. The van der Waals surface area contributed by atoms with Crippen LogP contribution < -0.4 is 5.32 Å². The van der Waals surface area contributed by atoms with Gasteiger partial charge < -0.3 is 5.32 Å². The van der Waals surface area contributed by atoms with Gasteiger partial charge in [0, 0.05) is 18.3 Å². The molecule has 1 N–H and O–H groups in total. The van der Waals surface area contributed by atoms with E-state index < -0.39 is 17.6 Å². The van der Waals surface area contributed by atoms with Crippen molar-refractivity contribution in [3.05, 3.63) is 52.3 Å². The number of carbonyl (C=O) groups excluding carboxylic acids is 1. The molecule has 0 radical (unpaired) electrons. The summed E-state index contributed by atoms with van der Waals surface area (Å²) in [5.41, 5.74) is -0.474. The van der Waals surface area contributed by atoms with Gasteiger partial charge in [-0.05, 0) is 25.1 Å². The van der Waals surface area contributed by atoms with Crippen LogP contribution in [0.25, 0.3) is 0 Å². The van der Waals surface area contributed by atoms with Crippen LogP contribution in [0.1, 0.15) is 28.5 Å². The molecule has 1 aromatic carbocycles. The van der Waals surface area contributed by atoms with Crippen molar-refractivity contribution in [2.24, 2.45) is 0 Å². The second-order valence-corrected chi connectivity index (χ2v) is 4.95. The molecular weight excluding hydrogens is 319 g/mol. The van der Waals surface area contributed by atoms with Crippen molar-refractivity contribution in [2.75, 3.05) is 0 Å². The Labute approximate surface area is 129 Å². The zero-order valence-corrected chi connectivity index (χ0v) is 12.4. The first kappa shape index (κ1) is 16.4. The fourth-order valence-corrected chi connectivity index (χ4v) is 2.04. The molecule has 0 bridgehead atoms. The quantitative estimate of drug-likeness (QED) is 0.932. The highest BCUT2D eigenvalue weighted by Gasteiger charge is 2.30. The number of aryl methyl sites for hydroxylation is 1. The number of alkyl halides is 3. The van der Waals surface area contributed by atoms with Gasteiger partial charge in [-0.1, -0.05) is 17.7 Å². The largest absolute Gasteiger partial charge is 0.416 e. The molecular formula is C14H13ClF3N3O. The monoisotopic (exact) mass is 331 g/mol. The maximum atomic E-state index is 12.6. The SMILES string of the molecule is CCn1cc(Cl)c(CNC(=O)c2cccc(C(F)(F)F)c2)n1. The summed E-state index contributed by atoms with van der Waals surface area (Å²) in [6.07, 6.45) is -2.87. The lowest BCUT2D eigenvalue weighted by Crippen LogP contribution is -2.23. The third-order valence-electron chi connectivity index (χ3n) is 2.98. The number of aromatic nitrogens is 2. The number of hydrogen-bond donors (Lipinski definition) is 1. The highest BCUT2D eigenvalue weighted by molar-refractivity contribution is 6.31. The minimum atomic E-state index is -4.49. The maximum absolute atomic E-state index is 12.6. The third kappa shape index (κ3) is 3.79. The van der Waals surface area contributed by atoms with E-state index in [0.29, 0.717) is 17.3 Å². The summed E-state index contributed by atoms with van der Waals surface area (Å²) in [6.45, 7) is 2.55. The lowest BCUT2D eigenvalue weighted by atomic mass is 10.1. The Bertz CT molecular complexity index is 682. The summed E-state index contributed by atoms with van der Waals surface area (Å²) in [5, 5.41) is 7.04. The Morgan fingerprint density at radius 2 is 2.14 bits per heavy atom. The van der Waals surface area contributed by atoms with Crippen molar-refractivity contribution in [3.63, 3.8) is 0 Å². The standard InChI is InChI=1S/C14H13ClF3N3O/c1-2-21-8-11(15)12(20-21)7-19-13(22)9-4-3-5-10(6-9)14(16,17)18/h3-6,8H,2,7H2,1H3,(H,19,22). The van der Waals surface area contributed by atoms with Gasteiger partial charge in [0.15, 0.2) is 0 Å². The molecule has 2 aromatic rings. The van der Waals surface area contributed by atoms with Gasteiger partial charge >= 0.3 is 6.18 Å². The van der Waals surface area contributed by atoms with E-state index >= 15 is 0 Å². The van der Waals surface area contributed by atoms with Crippen molar-refractivity contribution in [1.82, 2.24) is 15.1 Å². The number of halogens is 4. The minimum Gasteiger partial charge on any atom is -0.346 e. The van der Waals surface area contributed by atoms with Gasteiger partial charge in [-0.3, -0.25) is 9.48 Å². The number of carbonyl (C=O) groups is 1. The molecule has 0 aliphatic carbocycles. The van der Waals surface area contributed by atoms with E-state index in [1.54, 1.807) is 10.9 Å². The molecule has 1 amide bonds. The van der Waals surface area contributed by atoms with Gasteiger partial charge in [-0.15, -0.1) is 0 Å². The lowest BCUT2D eigenvalue weighted by Gasteiger charge is -2.09. The second-order valence-electron chi connectivity index (χ2n) is 4.54. The molecule has 0 aliphatic heterocycles. The van der Waals surface area contributed by atoms with E-state index in [4.69, 9.17) is 11.6 Å². The van der Waals surface area contributed by atoms with Crippen LogP contribution in [0.2, 0.25) is 5.02 Å². The molecule has 2 rings (SSSR count). The average molecular weight is 332 g/mol. The van der Waals surface area contributed by atoms with Gasteiger partial charge in [0.05, 0.1) is 17.1 Å². The Kier molecular flexibility index (Phi) is 4.75. The molecule has 0 atom stereocenters. The molecule has 8 heteroatoms. The first-order chi connectivity index (χ1) is 10.3. The van der Waals surface area contributed by atoms with Crippen LogP contribution in [0.3, 0.4) is 0 Å². The van der Waals surface area contributed by atoms with E-state index in [0.717, 1.165) is 12.1 Å². The minimum absolute atomic E-state index is 0.0426. The van der Waals surface area contributed by atoms with Crippen LogP contribution >= 0.6 is 11.6 Å². The molecule has 4 nitrogen and oxygen atoms in total. The Balaban J connectivity index is 2.08. The highest BCUT2D eigenvalue weighted by Crippen LogP contribution is 2.29. The topological polar surface area (TPSA) is 46.9 Å². The van der Waals surface area contributed by atoms with Crippen molar-refractivity contribution in [2.45, 2.75) is 26.2 Å². The second kappa shape index (κ2) is 6.39. The fourth-order valence-electron chi connectivity index (χ4n) is 1.82. The summed E-state index contributed by atoms with van der Waals surface area (Å²) in [4.78, 5) is 11.9. The molecule has 0 saturated carbocycles. The van der Waals surface area contributed by atoms with Gasteiger partial charge in [-0.2, -0.15) is 18.3 Å². The van der Waals surface area contributed by atoms with E-state index in [1.165, 1.54) is 12.1 Å². The van der Waals surface area contributed by atoms with Gasteiger partial charge in [0.25, 0.3) is 5.91 Å². The summed E-state index contributed by atoms with van der Waals surface area (Å²) >= 11 is 5.95. The summed E-state index contributed by atoms with van der Waals surface area (Å²) in [5.74, 6) is -0.617. The zero-order chi connectivity index (χ0) is 16.3. The van der Waals surface area contributed by atoms with E-state index in [1.807, 2.05) is 6.92 Å². The first-order valence-corrected chi connectivity index (χ1v) is 6.86. The molecule has 0 fully saturated rings. The Morgan fingerprint density at radius 3 is 2.73 bits per heavy atom. The maximum Gasteiger partial charge on any atom is 0.416 e. The summed E-state index contributed by atoms with van der Waals surface area (Å²) in [6, 6.07) is 4.23. The van der Waals surface area contributed by atoms with Crippen LogP contribution in [0.4, 0.5) is 13.2 Å². The van der Waals surface area contributed by atoms with Crippen LogP contribution in [0.15, 0.2) is 30.5 Å². The Hall–Kier alpha value is -2.02.